The quantitative estimate of drug-likeness (QED) is 0.825. The first-order valence-corrected chi connectivity index (χ1v) is 6.16. The summed E-state index contributed by atoms with van der Waals surface area (Å²) in [7, 11) is 1.53. The Hall–Kier alpha value is -2.76. The standard InChI is InChI=1S/C15H15FN2O3/c1-20-11-4-5-14(13(17)7-11)21-8-10-3-2-9(15(18)19)6-12(10)16/h2-7H,8,17H2,1H3,(H2,18,19). The highest BCUT2D eigenvalue weighted by molar-refractivity contribution is 5.92. The number of carbonyl (C=O) groups excluding carboxylic acids is 1. The van der Waals surface area contributed by atoms with E-state index in [0.717, 1.165) is 6.07 Å². The topological polar surface area (TPSA) is 87.6 Å². The van der Waals surface area contributed by atoms with Crippen molar-refractivity contribution in [1.29, 1.82) is 0 Å². The first-order chi connectivity index (χ1) is 10.0. The minimum atomic E-state index is -0.680. The number of hydrogen-bond donors (Lipinski definition) is 2. The van der Waals surface area contributed by atoms with Crippen LogP contribution in [0.3, 0.4) is 0 Å². The molecule has 0 spiro atoms. The SMILES string of the molecule is COc1ccc(OCc2ccc(C(N)=O)cc2F)c(N)c1. The molecule has 21 heavy (non-hydrogen) atoms. The Kier molecular flexibility index (Phi) is 4.27. The summed E-state index contributed by atoms with van der Waals surface area (Å²) in [4.78, 5) is 10.9. The van der Waals surface area contributed by atoms with Crippen molar-refractivity contribution >= 4 is 11.6 Å². The second-order valence-electron chi connectivity index (χ2n) is 4.36. The fourth-order valence-corrected chi connectivity index (χ4v) is 1.76. The summed E-state index contributed by atoms with van der Waals surface area (Å²) >= 11 is 0. The number of hydrogen-bond acceptors (Lipinski definition) is 4. The maximum atomic E-state index is 13.8. The number of nitrogens with two attached hydrogens (primary N) is 2. The van der Waals surface area contributed by atoms with E-state index in [1.807, 2.05) is 0 Å². The maximum Gasteiger partial charge on any atom is 0.248 e. The van der Waals surface area contributed by atoms with Crippen molar-refractivity contribution < 1.29 is 18.7 Å². The lowest BCUT2D eigenvalue weighted by atomic mass is 10.1. The molecule has 2 aromatic carbocycles. The fraction of sp³-hybridized carbons (Fsp3) is 0.133. The number of halogens is 1. The third kappa shape index (κ3) is 3.42. The number of amides is 1. The third-order valence-corrected chi connectivity index (χ3v) is 2.94. The lowest BCUT2D eigenvalue weighted by molar-refractivity contribution is 0.0999. The second kappa shape index (κ2) is 6.13. The lowest BCUT2D eigenvalue weighted by Gasteiger charge is -2.11. The largest absolute Gasteiger partial charge is 0.497 e. The maximum absolute atomic E-state index is 13.8. The molecule has 1 amide bonds. The molecular formula is C15H15FN2O3. The molecule has 0 saturated heterocycles. The Balaban J connectivity index is 2.11. The number of anilines is 1. The van der Waals surface area contributed by atoms with Crippen LogP contribution in [0.15, 0.2) is 36.4 Å². The normalized spacial score (nSPS) is 10.2. The van der Waals surface area contributed by atoms with Gasteiger partial charge in [-0.15, -0.1) is 0 Å². The zero-order valence-electron chi connectivity index (χ0n) is 11.4. The van der Waals surface area contributed by atoms with Crippen LogP contribution in [0.4, 0.5) is 10.1 Å². The predicted molar refractivity (Wildman–Crippen MR) is 76.7 cm³/mol. The van der Waals surface area contributed by atoms with E-state index in [2.05, 4.69) is 0 Å². The van der Waals surface area contributed by atoms with Crippen LogP contribution < -0.4 is 20.9 Å². The Morgan fingerprint density at radius 2 is 2.00 bits per heavy atom. The summed E-state index contributed by atoms with van der Waals surface area (Å²) in [6, 6.07) is 8.93. The van der Waals surface area contributed by atoms with Gasteiger partial charge in [-0.25, -0.2) is 4.39 Å². The summed E-state index contributed by atoms with van der Waals surface area (Å²) < 4.78 is 24.3. The van der Waals surface area contributed by atoms with Gasteiger partial charge in [0.2, 0.25) is 5.91 Å². The summed E-state index contributed by atoms with van der Waals surface area (Å²) in [5.41, 5.74) is 11.7. The van der Waals surface area contributed by atoms with Crippen molar-refractivity contribution in [1.82, 2.24) is 0 Å². The van der Waals surface area contributed by atoms with Gasteiger partial charge in [0, 0.05) is 17.2 Å². The molecule has 0 saturated carbocycles. The Morgan fingerprint density at radius 3 is 2.57 bits per heavy atom. The molecule has 0 bridgehead atoms. The van der Waals surface area contributed by atoms with Crippen LogP contribution in [0.1, 0.15) is 15.9 Å². The van der Waals surface area contributed by atoms with E-state index in [1.54, 1.807) is 18.2 Å². The zero-order chi connectivity index (χ0) is 15.4. The van der Waals surface area contributed by atoms with Crippen LogP contribution in [0.25, 0.3) is 0 Å². The monoisotopic (exact) mass is 290 g/mol. The summed E-state index contributed by atoms with van der Waals surface area (Å²) in [5, 5.41) is 0. The van der Waals surface area contributed by atoms with E-state index >= 15 is 0 Å². The third-order valence-electron chi connectivity index (χ3n) is 2.94. The Morgan fingerprint density at radius 1 is 1.24 bits per heavy atom. The van der Waals surface area contributed by atoms with E-state index in [-0.39, 0.29) is 12.2 Å². The summed E-state index contributed by atoms with van der Waals surface area (Å²) in [6.45, 7) is -0.0125. The molecule has 4 N–H and O–H groups in total. The van der Waals surface area contributed by atoms with E-state index in [1.165, 1.54) is 19.2 Å². The van der Waals surface area contributed by atoms with Gasteiger partial charge >= 0.3 is 0 Å². The molecule has 0 radical (unpaired) electrons. The van der Waals surface area contributed by atoms with Gasteiger partial charge in [-0.3, -0.25) is 4.79 Å². The van der Waals surface area contributed by atoms with Gasteiger partial charge < -0.3 is 20.9 Å². The number of benzene rings is 2. The first kappa shape index (κ1) is 14.6. The van der Waals surface area contributed by atoms with Crippen LogP contribution in [-0.4, -0.2) is 13.0 Å². The highest BCUT2D eigenvalue weighted by atomic mass is 19.1. The van der Waals surface area contributed by atoms with Crippen molar-refractivity contribution in [2.24, 2.45) is 5.73 Å². The molecular weight excluding hydrogens is 275 g/mol. The Labute approximate surface area is 121 Å². The molecule has 6 heteroatoms. The second-order valence-corrected chi connectivity index (χ2v) is 4.36. The molecule has 110 valence electrons. The molecule has 2 aromatic rings. The average molecular weight is 290 g/mol. The van der Waals surface area contributed by atoms with Gasteiger partial charge in [0.25, 0.3) is 0 Å². The minimum absolute atomic E-state index is 0.0125. The van der Waals surface area contributed by atoms with E-state index in [9.17, 15) is 9.18 Å². The molecule has 5 nitrogen and oxygen atoms in total. The molecule has 2 rings (SSSR count). The van der Waals surface area contributed by atoms with E-state index in [0.29, 0.717) is 22.7 Å². The molecule has 0 atom stereocenters. The van der Waals surface area contributed by atoms with Gasteiger partial charge in [-0.1, -0.05) is 6.07 Å². The lowest BCUT2D eigenvalue weighted by Crippen LogP contribution is -2.12. The molecule has 0 aliphatic rings. The molecule has 0 aliphatic heterocycles. The van der Waals surface area contributed by atoms with Crippen molar-refractivity contribution in [3.05, 3.63) is 53.3 Å². The van der Waals surface area contributed by atoms with Crippen molar-refractivity contribution in [2.45, 2.75) is 6.61 Å². The van der Waals surface area contributed by atoms with Gasteiger partial charge in [0.05, 0.1) is 12.8 Å². The van der Waals surface area contributed by atoms with E-state index in [4.69, 9.17) is 20.9 Å². The number of rotatable bonds is 5. The van der Waals surface area contributed by atoms with Crippen molar-refractivity contribution in [2.75, 3.05) is 12.8 Å². The number of carbonyl (C=O) groups is 1. The average Bonchev–Trinajstić information content (AvgIpc) is 2.46. The van der Waals surface area contributed by atoms with Crippen molar-refractivity contribution in [3.8, 4) is 11.5 Å². The molecule has 0 aromatic heterocycles. The number of primary amides is 1. The molecule has 0 aliphatic carbocycles. The summed E-state index contributed by atoms with van der Waals surface area (Å²) in [5.74, 6) is -0.204. The molecule has 0 heterocycles. The predicted octanol–water partition coefficient (Wildman–Crippen LogP) is 2.09. The number of ether oxygens (including phenoxy) is 2. The van der Waals surface area contributed by atoms with Crippen LogP contribution >= 0.6 is 0 Å². The van der Waals surface area contributed by atoms with Gasteiger partial charge in [0.1, 0.15) is 23.9 Å². The first-order valence-electron chi connectivity index (χ1n) is 6.16. The van der Waals surface area contributed by atoms with Crippen LogP contribution in [0.2, 0.25) is 0 Å². The zero-order valence-corrected chi connectivity index (χ0v) is 11.4. The summed E-state index contributed by atoms with van der Waals surface area (Å²) in [6.07, 6.45) is 0. The molecule has 0 unspecified atom stereocenters. The Bertz CT molecular complexity index is 674. The molecule has 0 fully saturated rings. The van der Waals surface area contributed by atoms with Gasteiger partial charge in [0.15, 0.2) is 0 Å². The highest BCUT2D eigenvalue weighted by Gasteiger charge is 2.09. The van der Waals surface area contributed by atoms with Crippen LogP contribution in [-0.2, 0) is 6.61 Å². The van der Waals surface area contributed by atoms with Crippen LogP contribution in [0, 0.1) is 5.82 Å². The number of nitrogen functional groups attached to an aromatic ring is 1. The van der Waals surface area contributed by atoms with Crippen molar-refractivity contribution in [3.63, 3.8) is 0 Å². The van der Waals surface area contributed by atoms with E-state index < -0.39 is 11.7 Å². The van der Waals surface area contributed by atoms with Gasteiger partial charge in [-0.2, -0.15) is 0 Å². The fourth-order valence-electron chi connectivity index (χ4n) is 1.76. The number of methoxy groups -OCH3 is 1. The minimum Gasteiger partial charge on any atom is -0.497 e. The van der Waals surface area contributed by atoms with Crippen LogP contribution in [0.5, 0.6) is 11.5 Å². The van der Waals surface area contributed by atoms with Gasteiger partial charge in [-0.05, 0) is 24.3 Å². The smallest absolute Gasteiger partial charge is 0.248 e. The highest BCUT2D eigenvalue weighted by Crippen LogP contribution is 2.27.